The Morgan fingerprint density at radius 2 is 1.93 bits per heavy atom. The molecule has 2 unspecified atom stereocenters. The van der Waals surface area contributed by atoms with E-state index < -0.39 is 14.9 Å². The number of hydrazone groups is 1. The van der Waals surface area contributed by atoms with Crippen LogP contribution in [0.2, 0.25) is 0 Å². The van der Waals surface area contributed by atoms with Gasteiger partial charge in [0.05, 0.1) is 9.82 Å². The summed E-state index contributed by atoms with van der Waals surface area (Å²) < 4.78 is 27.5. The monoisotopic (exact) mass is 398 g/mol. The molecule has 2 aliphatic carbocycles. The molecule has 8 nitrogen and oxygen atoms in total. The van der Waals surface area contributed by atoms with Crippen molar-refractivity contribution in [3.8, 4) is 0 Å². The molecule has 9 heteroatoms. The highest BCUT2D eigenvalue weighted by molar-refractivity contribution is 7.92. The minimum atomic E-state index is -3.95. The SMILES string of the molecule is O=[N+]([O-])c1cc(S(=O)(=O)Nc2ccccc2)ccc1N/N=C1/CC2CC=CC12. The molecular weight excluding hydrogens is 380 g/mol. The first-order chi connectivity index (χ1) is 13.4. The minimum absolute atomic E-state index is 0.154. The molecule has 0 radical (unpaired) electrons. The van der Waals surface area contributed by atoms with E-state index in [1.165, 1.54) is 12.1 Å². The van der Waals surface area contributed by atoms with Gasteiger partial charge in [-0.15, -0.1) is 0 Å². The summed E-state index contributed by atoms with van der Waals surface area (Å²) in [5.41, 5.74) is 3.87. The van der Waals surface area contributed by atoms with Crippen LogP contribution in [0, 0.1) is 22.0 Å². The summed E-state index contributed by atoms with van der Waals surface area (Å²) in [4.78, 5) is 10.6. The average molecular weight is 398 g/mol. The molecule has 144 valence electrons. The van der Waals surface area contributed by atoms with Gasteiger partial charge in [-0.25, -0.2) is 8.42 Å². The van der Waals surface area contributed by atoms with Crippen LogP contribution in [0.1, 0.15) is 12.8 Å². The summed E-state index contributed by atoms with van der Waals surface area (Å²) in [6.45, 7) is 0. The molecule has 2 aromatic carbocycles. The number of fused-ring (bicyclic) bond motifs is 1. The maximum Gasteiger partial charge on any atom is 0.295 e. The molecule has 28 heavy (non-hydrogen) atoms. The molecule has 0 aliphatic heterocycles. The molecule has 2 atom stereocenters. The van der Waals surface area contributed by atoms with E-state index in [-0.39, 0.29) is 16.3 Å². The number of allylic oxidation sites excluding steroid dienone is 2. The summed E-state index contributed by atoms with van der Waals surface area (Å²) in [5, 5.41) is 15.8. The van der Waals surface area contributed by atoms with Gasteiger partial charge in [-0.1, -0.05) is 30.4 Å². The topological polar surface area (TPSA) is 114 Å². The first kappa shape index (κ1) is 18.2. The Kier molecular flexibility index (Phi) is 4.60. The van der Waals surface area contributed by atoms with Crippen molar-refractivity contribution in [2.75, 3.05) is 10.1 Å². The highest BCUT2D eigenvalue weighted by atomic mass is 32.2. The summed E-state index contributed by atoms with van der Waals surface area (Å²) in [5.74, 6) is 0.897. The summed E-state index contributed by atoms with van der Waals surface area (Å²) in [6, 6.07) is 12.1. The predicted molar refractivity (Wildman–Crippen MR) is 107 cm³/mol. The van der Waals surface area contributed by atoms with E-state index >= 15 is 0 Å². The van der Waals surface area contributed by atoms with Crippen LogP contribution in [0.15, 0.2) is 70.7 Å². The van der Waals surface area contributed by atoms with Crippen LogP contribution < -0.4 is 10.1 Å². The normalized spacial score (nSPS) is 21.8. The van der Waals surface area contributed by atoms with Crippen molar-refractivity contribution in [3.63, 3.8) is 0 Å². The van der Waals surface area contributed by atoms with Crippen LogP contribution in [0.25, 0.3) is 0 Å². The number of rotatable bonds is 6. The Bertz CT molecular complexity index is 1080. The van der Waals surface area contributed by atoms with Crippen molar-refractivity contribution in [2.24, 2.45) is 16.9 Å². The molecule has 0 bridgehead atoms. The van der Waals surface area contributed by atoms with E-state index in [2.05, 4.69) is 27.4 Å². The molecule has 2 aromatic rings. The molecule has 4 rings (SSSR count). The Labute approximate surface area is 162 Å². The second kappa shape index (κ2) is 7.08. The molecule has 0 spiro atoms. The minimum Gasteiger partial charge on any atom is -0.280 e. The first-order valence-electron chi connectivity index (χ1n) is 8.79. The number of sulfonamides is 1. The Morgan fingerprint density at radius 3 is 2.64 bits per heavy atom. The van der Waals surface area contributed by atoms with Crippen LogP contribution >= 0.6 is 0 Å². The van der Waals surface area contributed by atoms with Crippen LogP contribution in [0.3, 0.4) is 0 Å². The number of para-hydroxylation sites is 1. The largest absolute Gasteiger partial charge is 0.295 e. The number of anilines is 2. The predicted octanol–water partition coefficient (Wildman–Crippen LogP) is 3.76. The lowest BCUT2D eigenvalue weighted by atomic mass is 9.74. The number of nitro benzene ring substituents is 1. The van der Waals surface area contributed by atoms with E-state index in [0.717, 1.165) is 24.6 Å². The molecule has 2 N–H and O–H groups in total. The van der Waals surface area contributed by atoms with Gasteiger partial charge in [0.25, 0.3) is 15.7 Å². The highest BCUT2D eigenvalue weighted by Crippen LogP contribution is 2.40. The fraction of sp³-hybridized carbons (Fsp3) is 0.211. The second-order valence-corrected chi connectivity index (χ2v) is 8.46. The number of nitrogens with one attached hydrogen (secondary N) is 2. The number of hydrogen-bond acceptors (Lipinski definition) is 6. The van der Waals surface area contributed by atoms with Crippen molar-refractivity contribution >= 4 is 32.8 Å². The zero-order valence-electron chi connectivity index (χ0n) is 14.8. The van der Waals surface area contributed by atoms with Crippen molar-refractivity contribution in [1.82, 2.24) is 0 Å². The maximum atomic E-state index is 12.5. The summed E-state index contributed by atoms with van der Waals surface area (Å²) in [7, 11) is -3.95. The van der Waals surface area contributed by atoms with Gasteiger partial charge in [0.1, 0.15) is 5.69 Å². The van der Waals surface area contributed by atoms with E-state index in [1.807, 2.05) is 0 Å². The van der Waals surface area contributed by atoms with E-state index in [1.54, 1.807) is 30.3 Å². The molecule has 0 aromatic heterocycles. The molecular formula is C19H18N4O4S. The third kappa shape index (κ3) is 3.48. The third-order valence-electron chi connectivity index (χ3n) is 4.97. The van der Waals surface area contributed by atoms with Crippen molar-refractivity contribution < 1.29 is 13.3 Å². The molecule has 2 aliphatic rings. The number of nitro groups is 1. The Balaban J connectivity index is 1.57. The van der Waals surface area contributed by atoms with Gasteiger partial charge in [0.2, 0.25) is 0 Å². The number of nitrogens with zero attached hydrogens (tertiary/aromatic N) is 2. The van der Waals surface area contributed by atoms with Crippen LogP contribution in [-0.2, 0) is 10.0 Å². The molecule has 0 saturated heterocycles. The van der Waals surface area contributed by atoms with Gasteiger partial charge < -0.3 is 0 Å². The molecule has 1 fully saturated rings. The van der Waals surface area contributed by atoms with Crippen LogP contribution in [0.4, 0.5) is 17.1 Å². The van der Waals surface area contributed by atoms with Crippen LogP contribution in [-0.4, -0.2) is 19.1 Å². The number of benzene rings is 2. The fourth-order valence-electron chi connectivity index (χ4n) is 3.44. The second-order valence-electron chi connectivity index (χ2n) is 6.78. The fourth-order valence-corrected chi connectivity index (χ4v) is 4.52. The highest BCUT2D eigenvalue weighted by Gasteiger charge is 2.38. The zero-order chi connectivity index (χ0) is 19.7. The van der Waals surface area contributed by atoms with Crippen molar-refractivity contribution in [2.45, 2.75) is 17.7 Å². The van der Waals surface area contributed by atoms with Gasteiger partial charge in [-0.3, -0.25) is 20.3 Å². The molecule has 0 amide bonds. The quantitative estimate of drug-likeness (QED) is 0.437. The van der Waals surface area contributed by atoms with Crippen LogP contribution in [0.5, 0.6) is 0 Å². The maximum absolute atomic E-state index is 12.5. The Morgan fingerprint density at radius 1 is 1.14 bits per heavy atom. The summed E-state index contributed by atoms with van der Waals surface area (Å²) in [6.07, 6.45) is 6.14. The third-order valence-corrected chi connectivity index (χ3v) is 6.35. The lowest BCUT2D eigenvalue weighted by Gasteiger charge is -2.31. The van der Waals surface area contributed by atoms with Crippen molar-refractivity contribution in [1.29, 1.82) is 0 Å². The first-order valence-corrected chi connectivity index (χ1v) is 10.3. The molecule has 1 saturated carbocycles. The Hall–Kier alpha value is -3.20. The van der Waals surface area contributed by atoms with E-state index in [0.29, 0.717) is 17.5 Å². The van der Waals surface area contributed by atoms with E-state index in [9.17, 15) is 18.5 Å². The zero-order valence-corrected chi connectivity index (χ0v) is 15.6. The van der Waals surface area contributed by atoms with E-state index in [4.69, 9.17) is 0 Å². The lowest BCUT2D eigenvalue weighted by Crippen LogP contribution is -2.33. The standard InChI is InChI=1S/C19H18N4O4S/c24-23(25)19-12-15(28(26,27)22-14-6-2-1-3-7-14)9-10-17(19)20-21-18-11-13-5-4-8-16(13)18/h1-4,6-10,12-13,16,20,22H,5,11H2/b21-18-. The lowest BCUT2D eigenvalue weighted by molar-refractivity contribution is -0.384. The molecule has 0 heterocycles. The average Bonchev–Trinajstić information content (AvgIpc) is 3.03. The van der Waals surface area contributed by atoms with Gasteiger partial charge in [0.15, 0.2) is 0 Å². The van der Waals surface area contributed by atoms with Gasteiger partial charge >= 0.3 is 0 Å². The van der Waals surface area contributed by atoms with Gasteiger partial charge in [0, 0.05) is 23.4 Å². The number of hydrogen-bond donors (Lipinski definition) is 2. The van der Waals surface area contributed by atoms with Crippen molar-refractivity contribution in [3.05, 3.63) is 70.8 Å². The van der Waals surface area contributed by atoms with Gasteiger partial charge in [-0.2, -0.15) is 5.10 Å². The summed E-state index contributed by atoms with van der Waals surface area (Å²) >= 11 is 0. The van der Waals surface area contributed by atoms with Gasteiger partial charge in [-0.05, 0) is 43.0 Å². The smallest absolute Gasteiger partial charge is 0.280 e.